The van der Waals surface area contributed by atoms with Crippen LogP contribution >= 0.6 is 0 Å². The van der Waals surface area contributed by atoms with Crippen LogP contribution < -0.4 is 22.1 Å². The minimum atomic E-state index is -0.558. The van der Waals surface area contributed by atoms with Gasteiger partial charge in [-0.05, 0) is 25.1 Å². The number of primary amides is 1. The molecular weight excluding hydrogens is 220 g/mol. The summed E-state index contributed by atoms with van der Waals surface area (Å²) in [5, 5.41) is 5.35. The van der Waals surface area contributed by atoms with Crippen LogP contribution in [0.1, 0.15) is 17.3 Å². The van der Waals surface area contributed by atoms with Crippen molar-refractivity contribution in [2.45, 2.75) is 13.0 Å². The molecule has 0 bridgehead atoms. The Morgan fingerprint density at radius 2 is 2.00 bits per heavy atom. The topological polar surface area (TPSA) is 110 Å². The number of nitrogens with one attached hydrogen (secondary N) is 2. The van der Waals surface area contributed by atoms with Crippen molar-refractivity contribution in [1.29, 1.82) is 0 Å². The molecule has 1 rings (SSSR count). The van der Waals surface area contributed by atoms with Crippen molar-refractivity contribution in [3.63, 3.8) is 0 Å². The van der Waals surface area contributed by atoms with E-state index in [0.717, 1.165) is 0 Å². The number of nitrogen functional groups attached to an aromatic ring is 1. The first-order valence-electron chi connectivity index (χ1n) is 5.13. The summed E-state index contributed by atoms with van der Waals surface area (Å²) in [6, 6.07) is 4.22. The van der Waals surface area contributed by atoms with Crippen molar-refractivity contribution in [3.05, 3.63) is 23.8 Å². The Labute approximate surface area is 99.4 Å². The molecule has 0 heterocycles. The largest absolute Gasteiger partial charge is 0.397 e. The van der Waals surface area contributed by atoms with E-state index in [1.54, 1.807) is 25.1 Å². The van der Waals surface area contributed by atoms with E-state index in [0.29, 0.717) is 16.9 Å². The molecule has 6 N–H and O–H groups in total. The highest BCUT2D eigenvalue weighted by Crippen LogP contribution is 2.20. The molecule has 0 aliphatic heterocycles. The SMILES string of the molecule is CNC(=O)c1ccc(N)c(NC(C)C(N)=O)c1. The van der Waals surface area contributed by atoms with Gasteiger partial charge in [0.1, 0.15) is 6.04 Å². The van der Waals surface area contributed by atoms with Crippen LogP contribution in [0.3, 0.4) is 0 Å². The van der Waals surface area contributed by atoms with Gasteiger partial charge < -0.3 is 22.1 Å². The van der Waals surface area contributed by atoms with E-state index >= 15 is 0 Å². The van der Waals surface area contributed by atoms with Gasteiger partial charge in [-0.2, -0.15) is 0 Å². The molecule has 1 aromatic rings. The first kappa shape index (κ1) is 12.8. The van der Waals surface area contributed by atoms with Gasteiger partial charge in [-0.15, -0.1) is 0 Å². The number of hydrogen-bond acceptors (Lipinski definition) is 4. The number of carbonyl (C=O) groups excluding carboxylic acids is 2. The van der Waals surface area contributed by atoms with Crippen molar-refractivity contribution < 1.29 is 9.59 Å². The van der Waals surface area contributed by atoms with Crippen LogP contribution in [0.5, 0.6) is 0 Å². The summed E-state index contributed by atoms with van der Waals surface area (Å²) in [4.78, 5) is 22.4. The summed E-state index contributed by atoms with van der Waals surface area (Å²) in [7, 11) is 1.54. The van der Waals surface area contributed by atoms with Crippen LogP contribution in [-0.4, -0.2) is 24.9 Å². The van der Waals surface area contributed by atoms with E-state index < -0.39 is 11.9 Å². The Morgan fingerprint density at radius 3 is 2.53 bits per heavy atom. The lowest BCUT2D eigenvalue weighted by atomic mass is 10.1. The molecule has 0 spiro atoms. The number of nitrogens with two attached hydrogens (primary N) is 2. The number of benzene rings is 1. The molecule has 0 fully saturated rings. The zero-order valence-corrected chi connectivity index (χ0v) is 9.78. The third kappa shape index (κ3) is 3.10. The van der Waals surface area contributed by atoms with E-state index in [1.165, 1.54) is 7.05 Å². The molecule has 6 nitrogen and oxygen atoms in total. The molecule has 1 aromatic carbocycles. The average molecular weight is 236 g/mol. The first-order chi connectivity index (χ1) is 7.95. The lowest BCUT2D eigenvalue weighted by Gasteiger charge is -2.14. The lowest BCUT2D eigenvalue weighted by Crippen LogP contribution is -2.32. The van der Waals surface area contributed by atoms with E-state index in [4.69, 9.17) is 11.5 Å². The minimum absolute atomic E-state index is 0.222. The molecule has 2 amide bonds. The predicted molar refractivity (Wildman–Crippen MR) is 66.5 cm³/mol. The van der Waals surface area contributed by atoms with Crippen molar-refractivity contribution in [2.24, 2.45) is 5.73 Å². The maximum atomic E-state index is 11.4. The summed E-state index contributed by atoms with van der Waals surface area (Å²) < 4.78 is 0. The highest BCUT2D eigenvalue weighted by Gasteiger charge is 2.12. The first-order valence-corrected chi connectivity index (χ1v) is 5.13. The summed E-state index contributed by atoms with van der Waals surface area (Å²) in [6.07, 6.45) is 0. The molecule has 0 aromatic heterocycles. The Balaban J connectivity index is 2.98. The van der Waals surface area contributed by atoms with Gasteiger partial charge in [0.2, 0.25) is 5.91 Å². The fraction of sp³-hybridized carbons (Fsp3) is 0.273. The van der Waals surface area contributed by atoms with Crippen molar-refractivity contribution in [3.8, 4) is 0 Å². The van der Waals surface area contributed by atoms with Crippen molar-refractivity contribution in [1.82, 2.24) is 5.32 Å². The molecule has 0 saturated carbocycles. The third-order valence-corrected chi connectivity index (χ3v) is 2.34. The predicted octanol–water partition coefficient (Wildman–Crippen LogP) is -0.0859. The van der Waals surface area contributed by atoms with E-state index in [2.05, 4.69) is 10.6 Å². The van der Waals surface area contributed by atoms with Crippen LogP contribution in [0, 0.1) is 0 Å². The maximum absolute atomic E-state index is 11.4. The molecule has 92 valence electrons. The van der Waals surface area contributed by atoms with Gasteiger partial charge in [0.05, 0.1) is 11.4 Å². The fourth-order valence-electron chi connectivity index (χ4n) is 1.27. The van der Waals surface area contributed by atoms with Gasteiger partial charge in [0, 0.05) is 12.6 Å². The number of carbonyl (C=O) groups is 2. The normalized spacial score (nSPS) is 11.6. The van der Waals surface area contributed by atoms with Gasteiger partial charge in [-0.25, -0.2) is 0 Å². The van der Waals surface area contributed by atoms with Crippen LogP contribution in [-0.2, 0) is 4.79 Å². The third-order valence-electron chi connectivity index (χ3n) is 2.34. The van der Waals surface area contributed by atoms with Crippen LogP contribution in [0.4, 0.5) is 11.4 Å². The summed E-state index contributed by atoms with van der Waals surface area (Å²) in [5.41, 5.74) is 12.3. The van der Waals surface area contributed by atoms with Crippen LogP contribution in [0.25, 0.3) is 0 Å². The molecule has 1 unspecified atom stereocenters. The number of anilines is 2. The second-order valence-corrected chi connectivity index (χ2v) is 3.65. The van der Waals surface area contributed by atoms with Gasteiger partial charge in [-0.3, -0.25) is 9.59 Å². The average Bonchev–Trinajstić information content (AvgIpc) is 2.30. The van der Waals surface area contributed by atoms with Gasteiger partial charge in [0.25, 0.3) is 5.91 Å². The zero-order valence-electron chi connectivity index (χ0n) is 9.78. The van der Waals surface area contributed by atoms with Crippen LogP contribution in [0.15, 0.2) is 18.2 Å². The summed E-state index contributed by atoms with van der Waals surface area (Å²) in [6.45, 7) is 1.62. The van der Waals surface area contributed by atoms with Gasteiger partial charge >= 0.3 is 0 Å². The summed E-state index contributed by atoms with van der Waals surface area (Å²) in [5.74, 6) is -0.713. The van der Waals surface area contributed by atoms with Gasteiger partial charge in [0.15, 0.2) is 0 Å². The minimum Gasteiger partial charge on any atom is -0.397 e. The second kappa shape index (κ2) is 5.20. The zero-order chi connectivity index (χ0) is 13.0. The quantitative estimate of drug-likeness (QED) is 0.548. The van der Waals surface area contributed by atoms with Crippen molar-refractivity contribution >= 4 is 23.2 Å². The molecule has 1 atom stereocenters. The molecule has 0 saturated heterocycles. The van der Waals surface area contributed by atoms with Crippen molar-refractivity contribution in [2.75, 3.05) is 18.1 Å². The standard InChI is InChI=1S/C11H16N4O2/c1-6(10(13)16)15-9-5-7(11(17)14-2)3-4-8(9)12/h3-6,15H,12H2,1-2H3,(H2,13,16)(H,14,17). The van der Waals surface area contributed by atoms with Gasteiger partial charge in [-0.1, -0.05) is 0 Å². The lowest BCUT2D eigenvalue weighted by molar-refractivity contribution is -0.118. The number of hydrogen-bond donors (Lipinski definition) is 4. The molecule has 0 aliphatic carbocycles. The van der Waals surface area contributed by atoms with E-state index in [1.807, 2.05) is 0 Å². The molecule has 0 aliphatic rings. The highest BCUT2D eigenvalue weighted by molar-refractivity contribution is 5.96. The smallest absolute Gasteiger partial charge is 0.251 e. The Morgan fingerprint density at radius 1 is 1.35 bits per heavy atom. The molecular formula is C11H16N4O2. The van der Waals surface area contributed by atoms with Crippen LogP contribution in [0.2, 0.25) is 0 Å². The molecule has 6 heteroatoms. The fourth-order valence-corrected chi connectivity index (χ4v) is 1.27. The monoisotopic (exact) mass is 236 g/mol. The van der Waals surface area contributed by atoms with E-state index in [9.17, 15) is 9.59 Å². The Bertz CT molecular complexity index is 445. The molecule has 17 heavy (non-hydrogen) atoms. The maximum Gasteiger partial charge on any atom is 0.251 e. The number of amides is 2. The van der Waals surface area contributed by atoms with E-state index in [-0.39, 0.29) is 5.91 Å². The second-order valence-electron chi connectivity index (χ2n) is 3.65. The Kier molecular flexibility index (Phi) is 3.92. The summed E-state index contributed by atoms with van der Waals surface area (Å²) >= 11 is 0. The Hall–Kier alpha value is -2.24. The highest BCUT2D eigenvalue weighted by atomic mass is 16.2. The molecule has 0 radical (unpaired) electrons. The number of rotatable bonds is 4.